The summed E-state index contributed by atoms with van der Waals surface area (Å²) < 4.78 is 54.7. The molecule has 0 heterocycles. The fourth-order valence-corrected chi connectivity index (χ4v) is 7.30. The molecule has 8 nitrogen and oxygen atoms in total. The van der Waals surface area contributed by atoms with Crippen LogP contribution in [0.15, 0.2) is 0 Å². The lowest BCUT2D eigenvalue weighted by molar-refractivity contribution is 0.534. The van der Waals surface area contributed by atoms with E-state index >= 15 is 0 Å². The first-order valence-corrected chi connectivity index (χ1v) is 15.1. The third-order valence-corrected chi connectivity index (χ3v) is 9.86. The van der Waals surface area contributed by atoms with Crippen molar-refractivity contribution in [1.82, 2.24) is 9.44 Å². The molecule has 0 saturated carbocycles. The molecule has 2 N–H and O–H groups in total. The minimum absolute atomic E-state index is 0.0707. The average Bonchev–Trinajstić information content (AvgIpc) is 2.74. The number of hydrogen-bond donors (Lipinski definition) is 2. The quantitative estimate of drug-likeness (QED) is 0.215. The van der Waals surface area contributed by atoms with Crippen molar-refractivity contribution in [2.45, 2.75) is 114 Å². The Morgan fingerprint density at radius 3 is 1.47 bits per heavy atom. The van der Waals surface area contributed by atoms with Crippen LogP contribution in [-0.4, -0.2) is 34.5 Å². The summed E-state index contributed by atoms with van der Waals surface area (Å²) >= 11 is 0. The van der Waals surface area contributed by atoms with E-state index in [9.17, 15) is 16.8 Å². The van der Waals surface area contributed by atoms with E-state index in [0.717, 1.165) is 32.1 Å². The molecule has 0 aliphatic heterocycles. The van der Waals surface area contributed by atoms with Crippen LogP contribution in [0.5, 0.6) is 0 Å². The molecule has 0 unspecified atom stereocenters. The van der Waals surface area contributed by atoms with Crippen molar-refractivity contribution in [3.05, 3.63) is 0 Å². The summed E-state index contributed by atoms with van der Waals surface area (Å²) in [5, 5.41) is 17.1. The Hall–Kier alpha value is -1.20. The number of nitrogens with one attached hydrogen (secondary N) is 2. The highest BCUT2D eigenvalue weighted by Crippen LogP contribution is 2.18. The zero-order chi connectivity index (χ0) is 24.1. The van der Waals surface area contributed by atoms with Crippen LogP contribution in [0.3, 0.4) is 0 Å². The zero-order valence-electron chi connectivity index (χ0n) is 19.6. The molecule has 0 atom stereocenters. The maximum atomic E-state index is 12.8. The molecule has 0 aromatic heterocycles. The van der Waals surface area contributed by atoms with Crippen molar-refractivity contribution >= 4 is 20.0 Å². The highest BCUT2D eigenvalue weighted by Gasteiger charge is 2.36. The number of nitrogens with zero attached hydrogens (tertiary/aromatic N) is 2. The molecule has 0 aliphatic carbocycles. The van der Waals surface area contributed by atoms with Crippen molar-refractivity contribution in [3.63, 3.8) is 0 Å². The molecule has 0 rings (SSSR count). The van der Waals surface area contributed by atoms with Crippen LogP contribution < -0.4 is 9.44 Å². The first kappa shape index (κ1) is 30.8. The Bertz CT molecular complexity index is 700. The number of unbranched alkanes of at least 4 members (excludes halogenated alkanes) is 12. The van der Waals surface area contributed by atoms with Crippen LogP contribution in [0.4, 0.5) is 0 Å². The second kappa shape index (κ2) is 19.3. The van der Waals surface area contributed by atoms with Gasteiger partial charge in [-0.1, -0.05) is 64.7 Å². The van der Waals surface area contributed by atoms with E-state index in [1.54, 1.807) is 0 Å². The number of nitriles is 2. The Labute approximate surface area is 196 Å². The van der Waals surface area contributed by atoms with Crippen molar-refractivity contribution in [2.75, 3.05) is 13.1 Å². The van der Waals surface area contributed by atoms with E-state index in [2.05, 4.69) is 28.5 Å². The topological polar surface area (TPSA) is 140 Å². The summed E-state index contributed by atoms with van der Waals surface area (Å²) in [6, 6.07) is 4.10. The maximum absolute atomic E-state index is 12.8. The monoisotopic (exact) mass is 490 g/mol. The molecule has 186 valence electrons. The fourth-order valence-electron chi connectivity index (χ4n) is 3.37. The van der Waals surface area contributed by atoms with Gasteiger partial charge in [-0.25, -0.2) is 26.3 Å². The molecule has 0 aromatic carbocycles. The summed E-state index contributed by atoms with van der Waals surface area (Å²) in [5.41, 5.74) is 0. The van der Waals surface area contributed by atoms with E-state index in [0.29, 0.717) is 57.8 Å². The molecular weight excluding hydrogens is 448 g/mol. The Morgan fingerprint density at radius 2 is 1.03 bits per heavy atom. The Kier molecular flexibility index (Phi) is 18.6. The van der Waals surface area contributed by atoms with Gasteiger partial charge in [-0.2, -0.15) is 10.5 Å². The lowest BCUT2D eigenvalue weighted by Crippen LogP contribution is -2.45. The largest absolute Gasteiger partial charge is 0.230 e. The van der Waals surface area contributed by atoms with Gasteiger partial charge in [0.05, 0.1) is 12.1 Å². The van der Waals surface area contributed by atoms with E-state index < -0.39 is 24.6 Å². The van der Waals surface area contributed by atoms with Gasteiger partial charge in [0.25, 0.3) is 0 Å². The second-order valence-electron chi connectivity index (χ2n) is 8.16. The van der Waals surface area contributed by atoms with Gasteiger partial charge in [0.1, 0.15) is 0 Å². The highest BCUT2D eigenvalue weighted by molar-refractivity contribution is 8.07. The van der Waals surface area contributed by atoms with Gasteiger partial charge in [0, 0.05) is 25.9 Å². The Balaban J connectivity index is 4.81. The lowest BCUT2D eigenvalue weighted by atomic mass is 10.1. The molecule has 10 heteroatoms. The lowest BCUT2D eigenvalue weighted by Gasteiger charge is -2.19. The molecule has 0 aliphatic rings. The zero-order valence-corrected chi connectivity index (χ0v) is 21.3. The van der Waals surface area contributed by atoms with Gasteiger partial charge in [-0.15, -0.1) is 0 Å². The van der Waals surface area contributed by atoms with Crippen LogP contribution in [0.1, 0.15) is 110 Å². The minimum Gasteiger partial charge on any atom is -0.214 e. The van der Waals surface area contributed by atoms with E-state index in [-0.39, 0.29) is 19.5 Å². The highest BCUT2D eigenvalue weighted by atomic mass is 32.3. The molecule has 0 spiro atoms. The molecule has 0 bridgehead atoms. The minimum atomic E-state index is -4.03. The third-order valence-electron chi connectivity index (χ3n) is 5.27. The van der Waals surface area contributed by atoms with Crippen LogP contribution in [0.25, 0.3) is 0 Å². The van der Waals surface area contributed by atoms with Crippen LogP contribution >= 0.6 is 0 Å². The number of rotatable bonds is 22. The number of hydrogen-bond acceptors (Lipinski definition) is 6. The molecule has 0 fully saturated rings. The van der Waals surface area contributed by atoms with Crippen LogP contribution in [0.2, 0.25) is 0 Å². The Morgan fingerprint density at radius 1 is 0.625 bits per heavy atom. The summed E-state index contributed by atoms with van der Waals surface area (Å²) in [5.74, 6) is 0. The first-order chi connectivity index (χ1) is 15.3. The van der Waals surface area contributed by atoms with Crippen molar-refractivity contribution in [1.29, 1.82) is 10.5 Å². The summed E-state index contributed by atoms with van der Waals surface area (Å²) in [7, 11) is -8.07. The smallest absolute Gasteiger partial charge is 0.214 e. The molecule has 0 amide bonds. The standard InChI is InChI=1S/C22H42N4O4S2/c1-2-3-4-5-6-7-12-17-22(31(27,28)25-20-15-10-8-13-18-23)32(29,30)26-21-16-11-9-14-19-24/h22,25-26H,2-17,20-21H2,1H3. The summed E-state index contributed by atoms with van der Waals surface area (Å²) in [4.78, 5) is 0. The maximum Gasteiger partial charge on any atom is 0.230 e. The molecular formula is C22H42N4O4S2. The molecule has 32 heavy (non-hydrogen) atoms. The first-order valence-electron chi connectivity index (χ1n) is 12.0. The second-order valence-corrected chi connectivity index (χ2v) is 12.3. The van der Waals surface area contributed by atoms with Gasteiger partial charge in [-0.05, 0) is 32.1 Å². The van der Waals surface area contributed by atoms with E-state index in [4.69, 9.17) is 10.5 Å². The van der Waals surface area contributed by atoms with Gasteiger partial charge < -0.3 is 0 Å². The molecule has 0 aromatic rings. The average molecular weight is 491 g/mol. The van der Waals surface area contributed by atoms with Gasteiger partial charge in [-0.3, -0.25) is 0 Å². The molecule has 0 radical (unpaired) electrons. The van der Waals surface area contributed by atoms with Gasteiger partial charge >= 0.3 is 0 Å². The molecule has 0 saturated heterocycles. The fraction of sp³-hybridized carbons (Fsp3) is 0.909. The van der Waals surface area contributed by atoms with Crippen molar-refractivity contribution in [3.8, 4) is 12.1 Å². The van der Waals surface area contributed by atoms with Gasteiger partial charge in [0.2, 0.25) is 20.0 Å². The van der Waals surface area contributed by atoms with Crippen molar-refractivity contribution in [2.24, 2.45) is 0 Å². The predicted octanol–water partition coefficient (Wildman–Crippen LogP) is 4.46. The summed E-state index contributed by atoms with van der Waals surface area (Å²) in [6.45, 7) is 2.49. The van der Waals surface area contributed by atoms with Crippen LogP contribution in [-0.2, 0) is 20.0 Å². The van der Waals surface area contributed by atoms with Gasteiger partial charge in [0.15, 0.2) is 4.58 Å². The predicted molar refractivity (Wildman–Crippen MR) is 128 cm³/mol. The normalized spacial score (nSPS) is 12.0. The third kappa shape index (κ3) is 15.6. The van der Waals surface area contributed by atoms with E-state index in [1.165, 1.54) is 6.42 Å². The summed E-state index contributed by atoms with van der Waals surface area (Å²) in [6.07, 6.45) is 11.8. The van der Waals surface area contributed by atoms with E-state index in [1.807, 2.05) is 0 Å². The SMILES string of the molecule is CCCCCCCCCC(S(=O)(=O)NCCCCCC#N)S(=O)(=O)NCCCCCC#N. The van der Waals surface area contributed by atoms with Crippen LogP contribution in [0, 0.1) is 22.7 Å². The van der Waals surface area contributed by atoms with Crippen molar-refractivity contribution < 1.29 is 16.8 Å². The number of sulfonamides is 2.